The van der Waals surface area contributed by atoms with E-state index in [-0.39, 0.29) is 6.42 Å². The Labute approximate surface area is 111 Å². The number of carboxylic acid groups (broad SMARTS) is 1. The summed E-state index contributed by atoms with van der Waals surface area (Å²) in [6.45, 7) is 9.61. The van der Waals surface area contributed by atoms with Crippen molar-refractivity contribution in [2.75, 3.05) is 32.7 Å². The lowest BCUT2D eigenvalue weighted by Gasteiger charge is -2.29. The molecule has 1 unspecified atom stereocenters. The van der Waals surface area contributed by atoms with Crippen LogP contribution in [-0.2, 0) is 4.79 Å². The third-order valence-electron chi connectivity index (χ3n) is 3.87. The van der Waals surface area contributed by atoms with Crippen molar-refractivity contribution in [3.05, 3.63) is 0 Å². The van der Waals surface area contributed by atoms with Crippen LogP contribution in [0.25, 0.3) is 0 Å². The second-order valence-corrected chi connectivity index (χ2v) is 5.20. The average Bonchev–Trinajstić information content (AvgIpc) is 2.56. The Balaban J connectivity index is 2.41. The molecule has 0 bridgehead atoms. The van der Waals surface area contributed by atoms with Crippen LogP contribution in [0.1, 0.15) is 46.0 Å². The van der Waals surface area contributed by atoms with Gasteiger partial charge < -0.3 is 14.9 Å². The van der Waals surface area contributed by atoms with Gasteiger partial charge in [0.05, 0.1) is 6.42 Å². The van der Waals surface area contributed by atoms with Gasteiger partial charge in [-0.25, -0.2) is 0 Å². The summed E-state index contributed by atoms with van der Waals surface area (Å²) in [4.78, 5) is 15.6. The van der Waals surface area contributed by atoms with Crippen LogP contribution in [0.3, 0.4) is 0 Å². The van der Waals surface area contributed by atoms with Gasteiger partial charge in [-0.15, -0.1) is 0 Å². The Hall–Kier alpha value is -0.610. The monoisotopic (exact) mass is 256 g/mol. The summed E-state index contributed by atoms with van der Waals surface area (Å²) in [6.07, 6.45) is 5.14. The molecule has 1 aliphatic heterocycles. The van der Waals surface area contributed by atoms with Crippen LogP contribution >= 0.6 is 0 Å². The minimum absolute atomic E-state index is 0.267. The predicted molar refractivity (Wildman–Crippen MR) is 73.9 cm³/mol. The van der Waals surface area contributed by atoms with E-state index in [9.17, 15) is 4.79 Å². The van der Waals surface area contributed by atoms with E-state index in [0.717, 1.165) is 6.54 Å². The highest BCUT2D eigenvalue weighted by Gasteiger charge is 2.21. The quantitative estimate of drug-likeness (QED) is 0.757. The van der Waals surface area contributed by atoms with Crippen LogP contribution in [0.2, 0.25) is 0 Å². The molecule has 1 fully saturated rings. The molecule has 0 aromatic carbocycles. The highest BCUT2D eigenvalue weighted by molar-refractivity contribution is 5.66. The topological polar surface area (TPSA) is 43.8 Å². The van der Waals surface area contributed by atoms with Gasteiger partial charge in [0.25, 0.3) is 0 Å². The molecule has 0 amide bonds. The van der Waals surface area contributed by atoms with E-state index >= 15 is 0 Å². The zero-order valence-corrected chi connectivity index (χ0v) is 11.9. The van der Waals surface area contributed by atoms with Crippen molar-refractivity contribution in [1.29, 1.82) is 0 Å². The van der Waals surface area contributed by atoms with Crippen molar-refractivity contribution in [3.8, 4) is 0 Å². The van der Waals surface area contributed by atoms with Gasteiger partial charge in [-0.2, -0.15) is 0 Å². The smallest absolute Gasteiger partial charge is 0.304 e. The first-order chi connectivity index (χ1) is 8.67. The van der Waals surface area contributed by atoms with Gasteiger partial charge in [0, 0.05) is 12.6 Å². The fraction of sp³-hybridized carbons (Fsp3) is 0.929. The van der Waals surface area contributed by atoms with Crippen molar-refractivity contribution in [1.82, 2.24) is 9.80 Å². The Morgan fingerprint density at radius 1 is 1.33 bits per heavy atom. The molecule has 0 aliphatic carbocycles. The SMILES string of the molecule is CCCN1CCCC(N(CC)CCC(=O)O)CC1. The lowest BCUT2D eigenvalue weighted by molar-refractivity contribution is -0.137. The number of hydrogen-bond acceptors (Lipinski definition) is 3. The second kappa shape index (κ2) is 8.48. The largest absolute Gasteiger partial charge is 0.481 e. The molecule has 1 aliphatic rings. The highest BCUT2D eigenvalue weighted by Crippen LogP contribution is 2.17. The first kappa shape index (κ1) is 15.4. The third-order valence-corrected chi connectivity index (χ3v) is 3.87. The summed E-state index contributed by atoms with van der Waals surface area (Å²) >= 11 is 0. The maximum Gasteiger partial charge on any atom is 0.304 e. The maximum absolute atomic E-state index is 10.7. The fourth-order valence-corrected chi connectivity index (χ4v) is 2.88. The van der Waals surface area contributed by atoms with E-state index in [2.05, 4.69) is 23.6 Å². The Kier molecular flexibility index (Phi) is 7.28. The molecule has 1 saturated heterocycles. The molecule has 4 heteroatoms. The first-order valence-corrected chi connectivity index (χ1v) is 7.35. The first-order valence-electron chi connectivity index (χ1n) is 7.35. The van der Waals surface area contributed by atoms with Crippen LogP contribution in [0, 0.1) is 0 Å². The molecule has 106 valence electrons. The molecule has 0 aromatic heterocycles. The standard InChI is InChI=1S/C14H28N2O2/c1-3-9-15-10-5-6-13(7-11-15)16(4-2)12-8-14(17)18/h13H,3-12H2,1-2H3,(H,17,18). The van der Waals surface area contributed by atoms with Crippen LogP contribution in [0.4, 0.5) is 0 Å². The number of hydrogen-bond donors (Lipinski definition) is 1. The molecule has 1 N–H and O–H groups in total. The van der Waals surface area contributed by atoms with Gasteiger partial charge in [0.1, 0.15) is 0 Å². The van der Waals surface area contributed by atoms with Crippen LogP contribution in [-0.4, -0.2) is 59.6 Å². The van der Waals surface area contributed by atoms with Crippen molar-refractivity contribution < 1.29 is 9.90 Å². The summed E-state index contributed by atoms with van der Waals surface area (Å²) in [7, 11) is 0. The number of carboxylic acids is 1. The number of likely N-dealkylation sites (tertiary alicyclic amines) is 1. The van der Waals surface area contributed by atoms with Gasteiger partial charge in [-0.1, -0.05) is 13.8 Å². The molecular weight excluding hydrogens is 228 g/mol. The molecule has 1 heterocycles. The van der Waals surface area contributed by atoms with Crippen molar-refractivity contribution >= 4 is 5.97 Å². The minimum Gasteiger partial charge on any atom is -0.481 e. The molecule has 4 nitrogen and oxygen atoms in total. The van der Waals surface area contributed by atoms with Crippen LogP contribution in [0.5, 0.6) is 0 Å². The van der Waals surface area contributed by atoms with Crippen LogP contribution < -0.4 is 0 Å². The average molecular weight is 256 g/mol. The van der Waals surface area contributed by atoms with Crippen molar-refractivity contribution in [2.24, 2.45) is 0 Å². The summed E-state index contributed by atoms with van der Waals surface area (Å²) in [5.41, 5.74) is 0. The number of carbonyl (C=O) groups is 1. The van der Waals surface area contributed by atoms with Gasteiger partial charge in [0.15, 0.2) is 0 Å². The summed E-state index contributed by atoms with van der Waals surface area (Å²) < 4.78 is 0. The van der Waals surface area contributed by atoms with E-state index in [1.807, 2.05) is 0 Å². The van der Waals surface area contributed by atoms with Crippen molar-refractivity contribution in [2.45, 2.75) is 52.0 Å². The Bertz CT molecular complexity index is 246. The second-order valence-electron chi connectivity index (χ2n) is 5.20. The number of aliphatic carboxylic acids is 1. The van der Waals surface area contributed by atoms with E-state index in [1.165, 1.54) is 45.3 Å². The van der Waals surface area contributed by atoms with Crippen LogP contribution in [0.15, 0.2) is 0 Å². The maximum atomic E-state index is 10.7. The van der Waals surface area contributed by atoms with Gasteiger partial charge >= 0.3 is 5.97 Å². The molecule has 0 aromatic rings. The predicted octanol–water partition coefficient (Wildman–Crippen LogP) is 2.05. The van der Waals surface area contributed by atoms with E-state index in [1.54, 1.807) is 0 Å². The zero-order valence-electron chi connectivity index (χ0n) is 11.9. The molecule has 0 radical (unpaired) electrons. The lowest BCUT2D eigenvalue weighted by Crippen LogP contribution is -2.37. The normalized spacial score (nSPS) is 22.1. The third kappa shape index (κ3) is 5.36. The summed E-state index contributed by atoms with van der Waals surface area (Å²) in [5, 5.41) is 8.79. The summed E-state index contributed by atoms with van der Waals surface area (Å²) in [6, 6.07) is 0.580. The highest BCUT2D eigenvalue weighted by atomic mass is 16.4. The number of rotatable bonds is 7. The molecule has 0 spiro atoms. The molecule has 1 atom stereocenters. The Morgan fingerprint density at radius 2 is 2.11 bits per heavy atom. The summed E-state index contributed by atoms with van der Waals surface area (Å²) in [5.74, 6) is -0.685. The molecule has 1 rings (SSSR count). The minimum atomic E-state index is -0.685. The van der Waals surface area contributed by atoms with E-state index in [4.69, 9.17) is 5.11 Å². The van der Waals surface area contributed by atoms with E-state index in [0.29, 0.717) is 12.6 Å². The fourth-order valence-electron chi connectivity index (χ4n) is 2.88. The van der Waals surface area contributed by atoms with Gasteiger partial charge in [-0.3, -0.25) is 4.79 Å². The molecule has 0 saturated carbocycles. The van der Waals surface area contributed by atoms with Gasteiger partial charge in [0.2, 0.25) is 0 Å². The Morgan fingerprint density at radius 3 is 2.72 bits per heavy atom. The van der Waals surface area contributed by atoms with Gasteiger partial charge in [-0.05, 0) is 51.9 Å². The zero-order chi connectivity index (χ0) is 13.4. The molecular formula is C14H28N2O2. The van der Waals surface area contributed by atoms with E-state index < -0.39 is 5.97 Å². The lowest BCUT2D eigenvalue weighted by atomic mass is 10.1. The van der Waals surface area contributed by atoms with Crippen molar-refractivity contribution in [3.63, 3.8) is 0 Å². The number of nitrogens with zero attached hydrogens (tertiary/aromatic N) is 2. The molecule has 18 heavy (non-hydrogen) atoms.